The molecule has 0 radical (unpaired) electrons. The van der Waals surface area contributed by atoms with E-state index in [0.717, 1.165) is 25.7 Å². The van der Waals surface area contributed by atoms with Gasteiger partial charge in [-0.2, -0.15) is 24.7 Å². The van der Waals surface area contributed by atoms with Crippen molar-refractivity contribution >= 4 is 39.9 Å². The summed E-state index contributed by atoms with van der Waals surface area (Å²) in [6, 6.07) is 9.13. The Hall–Kier alpha value is -3.52. The summed E-state index contributed by atoms with van der Waals surface area (Å²) in [7, 11) is -4.37. The molecule has 1 aromatic carbocycles. The maximum absolute atomic E-state index is 12.4. The van der Waals surface area contributed by atoms with Gasteiger partial charge in [-0.25, -0.2) is 9.78 Å². The number of carbonyl (C=O) groups excluding carboxylic acids is 3. The van der Waals surface area contributed by atoms with Crippen LogP contribution in [0.3, 0.4) is 0 Å². The van der Waals surface area contributed by atoms with Gasteiger partial charge in [0.1, 0.15) is 4.90 Å². The number of pyridine rings is 1. The maximum atomic E-state index is 12.4. The third-order valence-corrected chi connectivity index (χ3v) is 7.88. The number of nitrogens with two attached hydrogens (primary N) is 2. The standard InChI is InChI=1S/C31H46N6O6S/c1-2-3-4-5-6-7-8-9-11-18-29(38)36-37-30(39)19-12-10-15-22-32-31(40)26-20-21-28(33-23-26)35-34-24-25-16-13-14-17-27(25)44(41,42)43/h13-14,16-17,20-21,23-24H,2-12,15,18-19,22H2,1H3,(H,32,40)(H,33,35)(H,36,38)(H,37,39)(H,41,42,43)/p+2/b34-24+. The molecule has 1 aromatic heterocycles. The molecular formula is C31H48N6O6S+2. The number of unbranched alkanes of at least 4 members (excludes halogenated alkanes) is 10. The zero-order valence-electron chi connectivity index (χ0n) is 25.7. The van der Waals surface area contributed by atoms with Crippen molar-refractivity contribution in [3.05, 3.63) is 53.7 Å². The average molecular weight is 633 g/mol. The van der Waals surface area contributed by atoms with Crippen LogP contribution in [0.1, 0.15) is 113 Å². The van der Waals surface area contributed by atoms with E-state index in [4.69, 9.17) is 0 Å². The highest BCUT2D eigenvalue weighted by atomic mass is 32.2. The molecule has 0 saturated heterocycles. The SMILES string of the molecule is CCCCCCCCCCCC(=O)[NH2+]NC(=O)CCCCCNC(=O)c1ccc([NH2+]/N=C/c2ccccc2S(=O)(=O)O)nc1. The number of aromatic nitrogens is 1. The van der Waals surface area contributed by atoms with Crippen LogP contribution in [0.25, 0.3) is 0 Å². The first-order valence-corrected chi connectivity index (χ1v) is 17.0. The molecule has 0 unspecified atom stereocenters. The molecular weight excluding hydrogens is 584 g/mol. The Bertz CT molecular complexity index is 1300. The van der Waals surface area contributed by atoms with Crippen LogP contribution >= 0.6 is 0 Å². The summed E-state index contributed by atoms with van der Waals surface area (Å²) in [6.07, 6.45) is 16.4. The summed E-state index contributed by atoms with van der Waals surface area (Å²) >= 11 is 0. The van der Waals surface area contributed by atoms with Crippen molar-refractivity contribution in [3.63, 3.8) is 0 Å². The van der Waals surface area contributed by atoms with Gasteiger partial charge >= 0.3 is 5.91 Å². The second-order valence-corrected chi connectivity index (χ2v) is 12.1. The Morgan fingerprint density at radius 2 is 1.55 bits per heavy atom. The van der Waals surface area contributed by atoms with E-state index < -0.39 is 10.1 Å². The summed E-state index contributed by atoms with van der Waals surface area (Å²) in [4.78, 5) is 40.3. The van der Waals surface area contributed by atoms with Crippen LogP contribution in [-0.2, 0) is 19.7 Å². The van der Waals surface area contributed by atoms with Crippen LogP contribution in [0.15, 0.2) is 52.6 Å². The molecule has 1 heterocycles. The lowest BCUT2D eigenvalue weighted by molar-refractivity contribution is -0.615. The van der Waals surface area contributed by atoms with Gasteiger partial charge in [0, 0.05) is 30.8 Å². The molecule has 0 bridgehead atoms. The van der Waals surface area contributed by atoms with Crippen LogP contribution in [0, 0.1) is 0 Å². The minimum atomic E-state index is -4.37. The highest BCUT2D eigenvalue weighted by Gasteiger charge is 2.14. The summed E-state index contributed by atoms with van der Waals surface area (Å²) < 4.78 is 32.2. The van der Waals surface area contributed by atoms with Crippen LogP contribution < -0.4 is 21.6 Å². The molecule has 242 valence electrons. The second kappa shape index (κ2) is 21.2. The van der Waals surface area contributed by atoms with E-state index in [1.54, 1.807) is 18.2 Å². The molecule has 3 amide bonds. The van der Waals surface area contributed by atoms with Crippen molar-refractivity contribution in [2.75, 3.05) is 6.54 Å². The Kier molecular flexibility index (Phi) is 17.7. The number of primary amides is 1. The van der Waals surface area contributed by atoms with E-state index in [-0.39, 0.29) is 28.2 Å². The van der Waals surface area contributed by atoms with Crippen LogP contribution in [0.2, 0.25) is 0 Å². The largest absolute Gasteiger partial charge is 0.352 e. The zero-order chi connectivity index (χ0) is 32.0. The molecule has 44 heavy (non-hydrogen) atoms. The Morgan fingerprint density at radius 1 is 0.886 bits per heavy atom. The number of quaternary nitrogens is 2. The first-order chi connectivity index (χ1) is 21.2. The molecule has 2 aromatic rings. The van der Waals surface area contributed by atoms with Gasteiger partial charge in [-0.3, -0.25) is 14.1 Å². The summed E-state index contributed by atoms with van der Waals surface area (Å²) in [6.45, 7) is 2.67. The molecule has 0 aliphatic rings. The second-order valence-electron chi connectivity index (χ2n) is 10.7. The number of amides is 3. The van der Waals surface area contributed by atoms with Crippen molar-refractivity contribution in [1.82, 2.24) is 15.7 Å². The number of carbonyl (C=O) groups is 3. The van der Waals surface area contributed by atoms with Gasteiger partial charge in [0.05, 0.1) is 18.2 Å². The number of nitrogens with one attached hydrogen (secondary N) is 2. The predicted molar refractivity (Wildman–Crippen MR) is 167 cm³/mol. The molecule has 0 fully saturated rings. The van der Waals surface area contributed by atoms with Crippen LogP contribution in [-0.4, -0.2) is 48.4 Å². The summed E-state index contributed by atoms with van der Waals surface area (Å²) in [5.41, 5.74) is 5.90. The number of nitrogens with zero attached hydrogens (tertiary/aromatic N) is 2. The van der Waals surface area contributed by atoms with Crippen molar-refractivity contribution in [2.45, 2.75) is 102 Å². The first kappa shape index (κ1) is 36.7. The fourth-order valence-corrected chi connectivity index (χ4v) is 5.11. The molecule has 7 N–H and O–H groups in total. The van der Waals surface area contributed by atoms with E-state index in [1.165, 1.54) is 80.0 Å². The number of hydrogen-bond donors (Lipinski definition) is 5. The van der Waals surface area contributed by atoms with Crippen LogP contribution in [0.5, 0.6) is 0 Å². The third-order valence-electron chi connectivity index (χ3n) is 6.95. The van der Waals surface area contributed by atoms with Gasteiger partial charge in [-0.05, 0) is 31.4 Å². The average Bonchev–Trinajstić information content (AvgIpc) is 3.01. The molecule has 0 atom stereocenters. The first-order valence-electron chi connectivity index (χ1n) is 15.5. The number of benzene rings is 1. The fourth-order valence-electron chi connectivity index (χ4n) is 4.44. The molecule has 0 aliphatic heterocycles. The quantitative estimate of drug-likeness (QED) is 0.0349. The van der Waals surface area contributed by atoms with Crippen molar-refractivity contribution in [2.24, 2.45) is 5.10 Å². The van der Waals surface area contributed by atoms with E-state index in [0.29, 0.717) is 43.6 Å². The minimum absolute atomic E-state index is 0.0430. The van der Waals surface area contributed by atoms with Gasteiger partial charge in [0.15, 0.2) is 0 Å². The molecule has 12 nitrogen and oxygen atoms in total. The van der Waals surface area contributed by atoms with Crippen molar-refractivity contribution in [1.29, 1.82) is 0 Å². The van der Waals surface area contributed by atoms with E-state index in [2.05, 4.69) is 27.8 Å². The number of hydrogen-bond acceptors (Lipinski definition) is 7. The Morgan fingerprint density at radius 3 is 2.23 bits per heavy atom. The smallest absolute Gasteiger partial charge is 0.334 e. The minimum Gasteiger partial charge on any atom is -0.352 e. The van der Waals surface area contributed by atoms with Gasteiger partial charge in [-0.1, -0.05) is 88.0 Å². The normalized spacial score (nSPS) is 11.5. The molecule has 0 saturated carbocycles. The van der Waals surface area contributed by atoms with Gasteiger partial charge in [-0.15, -0.1) is 0 Å². The maximum Gasteiger partial charge on any atom is 0.334 e. The lowest BCUT2D eigenvalue weighted by Gasteiger charge is -2.06. The highest BCUT2D eigenvalue weighted by molar-refractivity contribution is 7.86. The number of rotatable bonds is 21. The highest BCUT2D eigenvalue weighted by Crippen LogP contribution is 2.13. The molecule has 13 heteroatoms. The van der Waals surface area contributed by atoms with E-state index >= 15 is 0 Å². The van der Waals surface area contributed by atoms with Gasteiger partial charge < -0.3 is 5.32 Å². The third kappa shape index (κ3) is 15.8. The lowest BCUT2D eigenvalue weighted by atomic mass is 10.1. The Balaban J connectivity index is 1.53. The summed E-state index contributed by atoms with van der Waals surface area (Å²) in [5.74, 6) is -0.0293. The van der Waals surface area contributed by atoms with E-state index in [9.17, 15) is 27.4 Å². The zero-order valence-corrected chi connectivity index (χ0v) is 26.5. The van der Waals surface area contributed by atoms with Gasteiger partial charge in [0.25, 0.3) is 27.8 Å². The monoisotopic (exact) mass is 632 g/mol. The fraction of sp³-hybridized carbons (Fsp3) is 0.516. The topological polar surface area (TPSA) is 188 Å². The molecule has 0 aliphatic carbocycles. The molecule has 2 rings (SSSR count). The predicted octanol–water partition coefficient (Wildman–Crippen LogP) is 2.89. The Labute approximate surface area is 260 Å². The van der Waals surface area contributed by atoms with Crippen molar-refractivity contribution in [3.8, 4) is 0 Å². The van der Waals surface area contributed by atoms with E-state index in [1.807, 2.05) is 0 Å². The van der Waals surface area contributed by atoms with Crippen LogP contribution in [0.4, 0.5) is 5.82 Å². The van der Waals surface area contributed by atoms with Gasteiger partial charge in [0.2, 0.25) is 0 Å². The van der Waals surface area contributed by atoms with Crippen molar-refractivity contribution < 1.29 is 38.2 Å². The summed E-state index contributed by atoms with van der Waals surface area (Å²) in [5, 5.41) is 6.89. The molecule has 0 spiro atoms. The lowest BCUT2D eigenvalue weighted by Crippen LogP contribution is -2.97.